The van der Waals surface area contributed by atoms with Crippen molar-refractivity contribution in [1.82, 2.24) is 20.4 Å². The van der Waals surface area contributed by atoms with Gasteiger partial charge in [-0.15, -0.1) is 0 Å². The quantitative estimate of drug-likeness (QED) is 0.777. The van der Waals surface area contributed by atoms with Crippen molar-refractivity contribution >= 4 is 5.91 Å². The van der Waals surface area contributed by atoms with E-state index < -0.39 is 0 Å². The van der Waals surface area contributed by atoms with E-state index in [4.69, 9.17) is 0 Å². The van der Waals surface area contributed by atoms with Crippen LogP contribution in [-0.4, -0.2) is 35.3 Å². The lowest BCUT2D eigenvalue weighted by Gasteiger charge is -2.22. The maximum Gasteiger partial charge on any atom is 0.241 e. The van der Waals surface area contributed by atoms with E-state index in [-0.39, 0.29) is 5.91 Å². The Morgan fingerprint density at radius 3 is 3.24 bits per heavy atom. The Morgan fingerprint density at radius 1 is 1.59 bits per heavy atom. The minimum Gasteiger partial charge on any atom is -0.354 e. The summed E-state index contributed by atoms with van der Waals surface area (Å²) >= 11 is 0. The van der Waals surface area contributed by atoms with Gasteiger partial charge in [0, 0.05) is 18.9 Å². The molecule has 17 heavy (non-hydrogen) atoms. The first-order chi connectivity index (χ1) is 8.34. The second-order valence-electron chi connectivity index (χ2n) is 4.55. The summed E-state index contributed by atoms with van der Waals surface area (Å²) in [5, 5.41) is 10.3. The zero-order chi connectivity index (χ0) is 11.9. The van der Waals surface area contributed by atoms with Crippen LogP contribution in [0.3, 0.4) is 0 Å². The highest BCUT2D eigenvalue weighted by Gasteiger charge is 2.12. The summed E-state index contributed by atoms with van der Waals surface area (Å²) in [6.07, 6.45) is 7.08. The molecule has 1 saturated heterocycles. The number of hydrogen-bond acceptors (Lipinski definition) is 3. The van der Waals surface area contributed by atoms with Crippen LogP contribution in [0.25, 0.3) is 0 Å². The molecular formula is C12H20N4O. The first-order valence-corrected chi connectivity index (χ1v) is 6.29. The van der Waals surface area contributed by atoms with E-state index in [2.05, 4.69) is 15.7 Å². The third-order valence-electron chi connectivity index (χ3n) is 3.14. The second-order valence-corrected chi connectivity index (χ2v) is 4.55. The van der Waals surface area contributed by atoms with Crippen LogP contribution in [0, 0.1) is 5.92 Å². The van der Waals surface area contributed by atoms with Crippen LogP contribution in [0.15, 0.2) is 18.5 Å². The average molecular weight is 236 g/mol. The van der Waals surface area contributed by atoms with Crippen LogP contribution < -0.4 is 10.6 Å². The molecule has 5 nitrogen and oxygen atoms in total. The number of hydrogen-bond donors (Lipinski definition) is 2. The zero-order valence-corrected chi connectivity index (χ0v) is 10.1. The highest BCUT2D eigenvalue weighted by atomic mass is 16.2. The maximum atomic E-state index is 11.6. The van der Waals surface area contributed by atoms with E-state index in [1.54, 1.807) is 17.1 Å². The predicted octanol–water partition coefficient (Wildman–Crippen LogP) is 0.389. The van der Waals surface area contributed by atoms with E-state index in [9.17, 15) is 4.79 Å². The standard InChI is InChI=1S/C12H20N4O/c17-12(10-16-8-2-6-15-16)14-7-4-11-3-1-5-13-9-11/h2,6,8,11,13H,1,3-5,7,9-10H2,(H,14,17). The minimum absolute atomic E-state index is 0.0393. The fourth-order valence-corrected chi connectivity index (χ4v) is 2.18. The molecule has 1 aliphatic rings. The molecule has 1 aromatic heterocycles. The van der Waals surface area contributed by atoms with Crippen molar-refractivity contribution < 1.29 is 4.79 Å². The lowest BCUT2D eigenvalue weighted by Crippen LogP contribution is -2.34. The third kappa shape index (κ3) is 4.19. The highest BCUT2D eigenvalue weighted by Crippen LogP contribution is 2.12. The molecule has 2 rings (SSSR count). The monoisotopic (exact) mass is 236 g/mol. The van der Waals surface area contributed by atoms with Gasteiger partial charge in [-0.05, 0) is 44.3 Å². The van der Waals surface area contributed by atoms with Crippen molar-refractivity contribution in [3.05, 3.63) is 18.5 Å². The molecule has 2 N–H and O–H groups in total. The van der Waals surface area contributed by atoms with Crippen molar-refractivity contribution in [2.24, 2.45) is 5.92 Å². The van der Waals surface area contributed by atoms with Gasteiger partial charge in [-0.2, -0.15) is 5.10 Å². The number of carbonyl (C=O) groups excluding carboxylic acids is 1. The third-order valence-corrected chi connectivity index (χ3v) is 3.14. The van der Waals surface area contributed by atoms with E-state index >= 15 is 0 Å². The van der Waals surface area contributed by atoms with Gasteiger partial charge in [0.2, 0.25) is 5.91 Å². The number of amides is 1. The fourth-order valence-electron chi connectivity index (χ4n) is 2.18. The number of rotatable bonds is 5. The Morgan fingerprint density at radius 2 is 2.53 bits per heavy atom. The van der Waals surface area contributed by atoms with E-state index in [1.165, 1.54) is 12.8 Å². The minimum atomic E-state index is 0.0393. The Hall–Kier alpha value is -1.36. The molecule has 0 aliphatic carbocycles. The van der Waals surface area contributed by atoms with Crippen molar-refractivity contribution in [3.8, 4) is 0 Å². The molecule has 0 aromatic carbocycles. The molecule has 1 aliphatic heterocycles. The van der Waals surface area contributed by atoms with Crippen LogP contribution in [0.4, 0.5) is 0 Å². The Bertz CT molecular complexity index is 330. The molecule has 0 radical (unpaired) electrons. The summed E-state index contributed by atoms with van der Waals surface area (Å²) in [6.45, 7) is 3.32. The SMILES string of the molecule is O=C(Cn1cccn1)NCCC1CCCNC1. The van der Waals surface area contributed by atoms with Gasteiger partial charge in [-0.25, -0.2) is 0 Å². The van der Waals surface area contributed by atoms with Gasteiger partial charge < -0.3 is 10.6 Å². The largest absolute Gasteiger partial charge is 0.354 e. The van der Waals surface area contributed by atoms with Gasteiger partial charge in [-0.3, -0.25) is 9.48 Å². The van der Waals surface area contributed by atoms with Gasteiger partial charge >= 0.3 is 0 Å². The van der Waals surface area contributed by atoms with E-state index in [0.29, 0.717) is 12.5 Å². The molecule has 94 valence electrons. The van der Waals surface area contributed by atoms with Crippen molar-refractivity contribution in [2.45, 2.75) is 25.8 Å². The molecule has 1 aromatic rings. The van der Waals surface area contributed by atoms with E-state index in [0.717, 1.165) is 26.1 Å². The van der Waals surface area contributed by atoms with Gasteiger partial charge in [0.05, 0.1) is 0 Å². The number of nitrogens with one attached hydrogen (secondary N) is 2. The second kappa shape index (κ2) is 6.39. The van der Waals surface area contributed by atoms with Crippen LogP contribution >= 0.6 is 0 Å². The number of carbonyl (C=O) groups is 1. The first-order valence-electron chi connectivity index (χ1n) is 6.29. The first kappa shape index (κ1) is 12.1. The van der Waals surface area contributed by atoms with Crippen molar-refractivity contribution in [1.29, 1.82) is 0 Å². The summed E-state index contributed by atoms with van der Waals surface area (Å²) in [5.41, 5.74) is 0. The van der Waals surface area contributed by atoms with Crippen molar-refractivity contribution in [3.63, 3.8) is 0 Å². The van der Waals surface area contributed by atoms with Crippen LogP contribution in [0.2, 0.25) is 0 Å². The maximum absolute atomic E-state index is 11.6. The van der Waals surface area contributed by atoms with Crippen molar-refractivity contribution in [2.75, 3.05) is 19.6 Å². The Balaban J connectivity index is 1.59. The highest BCUT2D eigenvalue weighted by molar-refractivity contribution is 5.75. The molecule has 0 saturated carbocycles. The molecule has 0 spiro atoms. The Labute approximate surface area is 102 Å². The van der Waals surface area contributed by atoms with Gasteiger partial charge in [0.1, 0.15) is 6.54 Å². The molecule has 1 fully saturated rings. The molecule has 1 amide bonds. The number of nitrogens with zero attached hydrogens (tertiary/aromatic N) is 2. The Kier molecular flexibility index (Phi) is 4.55. The summed E-state index contributed by atoms with van der Waals surface area (Å²) < 4.78 is 1.64. The summed E-state index contributed by atoms with van der Waals surface area (Å²) in [4.78, 5) is 11.6. The molecule has 2 heterocycles. The predicted molar refractivity (Wildman–Crippen MR) is 65.4 cm³/mol. The summed E-state index contributed by atoms with van der Waals surface area (Å²) in [6, 6.07) is 1.82. The topological polar surface area (TPSA) is 59.0 Å². The summed E-state index contributed by atoms with van der Waals surface area (Å²) in [5.74, 6) is 0.756. The number of piperidine rings is 1. The molecule has 0 bridgehead atoms. The van der Waals surface area contributed by atoms with E-state index in [1.807, 2.05) is 6.07 Å². The van der Waals surface area contributed by atoms with Crippen LogP contribution in [-0.2, 0) is 11.3 Å². The normalized spacial score (nSPS) is 20.1. The number of aromatic nitrogens is 2. The lowest BCUT2D eigenvalue weighted by molar-refractivity contribution is -0.121. The summed E-state index contributed by atoms with van der Waals surface area (Å²) in [7, 11) is 0. The van der Waals surface area contributed by atoms with Crippen LogP contribution in [0.5, 0.6) is 0 Å². The molecule has 1 unspecified atom stereocenters. The lowest BCUT2D eigenvalue weighted by atomic mass is 9.96. The zero-order valence-electron chi connectivity index (χ0n) is 10.1. The molecular weight excluding hydrogens is 216 g/mol. The average Bonchev–Trinajstić information content (AvgIpc) is 2.83. The van der Waals surface area contributed by atoms with Gasteiger partial charge in [0.25, 0.3) is 0 Å². The van der Waals surface area contributed by atoms with Gasteiger partial charge in [-0.1, -0.05) is 0 Å². The smallest absolute Gasteiger partial charge is 0.241 e. The molecule has 1 atom stereocenters. The van der Waals surface area contributed by atoms with Gasteiger partial charge in [0.15, 0.2) is 0 Å². The molecule has 5 heteroatoms. The fraction of sp³-hybridized carbons (Fsp3) is 0.667. The van der Waals surface area contributed by atoms with Crippen LogP contribution in [0.1, 0.15) is 19.3 Å².